The van der Waals surface area contributed by atoms with Crippen molar-refractivity contribution in [3.63, 3.8) is 0 Å². The number of aliphatic hydroxyl groups is 1. The Morgan fingerprint density at radius 1 is 1.00 bits per heavy atom. The molecule has 2 aromatic rings. The molecular weight excluding hydrogens is 472 g/mol. The third-order valence-corrected chi connectivity index (χ3v) is 8.60. The Hall–Kier alpha value is -2.37. The summed E-state index contributed by atoms with van der Waals surface area (Å²) in [6, 6.07) is 15.3. The molecule has 0 aliphatic carbocycles. The highest BCUT2D eigenvalue weighted by molar-refractivity contribution is 5.95. The quantitative estimate of drug-likeness (QED) is 0.525. The molecule has 4 bridgehead atoms. The summed E-state index contributed by atoms with van der Waals surface area (Å²) in [5, 5.41) is 10.2. The topological polar surface area (TPSA) is 53.0 Å². The first-order chi connectivity index (χ1) is 18.2. The van der Waals surface area contributed by atoms with Crippen molar-refractivity contribution in [3.05, 3.63) is 64.7 Å². The van der Waals surface area contributed by atoms with E-state index in [-0.39, 0.29) is 24.1 Å². The lowest BCUT2D eigenvalue weighted by atomic mass is 9.92. The number of hydrogen-bond acceptors (Lipinski definition) is 4. The summed E-state index contributed by atoms with van der Waals surface area (Å²) in [7, 11) is 0. The van der Waals surface area contributed by atoms with Gasteiger partial charge in [-0.05, 0) is 105 Å². The normalized spacial score (nSPS) is 24.8. The molecule has 2 aromatic carbocycles. The maximum atomic E-state index is 13.7. The fourth-order valence-corrected chi connectivity index (χ4v) is 6.50. The summed E-state index contributed by atoms with van der Waals surface area (Å²) >= 11 is 0. The molecule has 2 atom stereocenters. The molecule has 2 unspecified atom stereocenters. The fraction of sp³-hybridized carbons (Fsp3) is 0.606. The van der Waals surface area contributed by atoms with E-state index in [0.717, 1.165) is 68.6 Å². The van der Waals surface area contributed by atoms with E-state index in [0.29, 0.717) is 24.9 Å². The molecule has 2 fully saturated rings. The van der Waals surface area contributed by atoms with E-state index >= 15 is 0 Å². The molecule has 0 spiro atoms. The summed E-state index contributed by atoms with van der Waals surface area (Å²) in [5.41, 5.74) is 4.77. The number of benzene rings is 2. The summed E-state index contributed by atoms with van der Waals surface area (Å²) in [6.07, 6.45) is 8.45. The van der Waals surface area contributed by atoms with Crippen LogP contribution >= 0.6 is 0 Å². The number of carbonyl (C=O) groups excluding carboxylic acids is 1. The predicted octanol–water partition coefficient (Wildman–Crippen LogP) is 6.21. The first-order valence-corrected chi connectivity index (χ1v) is 14.8. The maximum Gasteiger partial charge on any atom is 0.254 e. The lowest BCUT2D eigenvalue weighted by Crippen LogP contribution is -2.48. The smallest absolute Gasteiger partial charge is 0.254 e. The summed E-state index contributed by atoms with van der Waals surface area (Å²) < 4.78 is 6.30. The number of hydrogen-bond donors (Lipinski definition) is 1. The van der Waals surface area contributed by atoms with Gasteiger partial charge >= 0.3 is 0 Å². The molecule has 1 N–H and O–H groups in total. The fourth-order valence-electron chi connectivity index (χ4n) is 6.50. The predicted molar refractivity (Wildman–Crippen MR) is 153 cm³/mol. The zero-order chi connectivity index (χ0) is 26.7. The van der Waals surface area contributed by atoms with Crippen LogP contribution in [0.5, 0.6) is 5.75 Å². The van der Waals surface area contributed by atoms with E-state index in [1.807, 2.05) is 12.1 Å². The van der Waals surface area contributed by atoms with Crippen molar-refractivity contribution >= 4 is 5.91 Å². The van der Waals surface area contributed by atoms with Gasteiger partial charge in [0.1, 0.15) is 5.75 Å². The van der Waals surface area contributed by atoms with Crippen LogP contribution in [-0.4, -0.2) is 58.7 Å². The van der Waals surface area contributed by atoms with Crippen LogP contribution in [0.3, 0.4) is 0 Å². The van der Waals surface area contributed by atoms with Gasteiger partial charge in [0.2, 0.25) is 0 Å². The molecule has 206 valence electrons. The number of aliphatic hydroxyl groups excluding tert-OH is 1. The molecule has 0 saturated carbocycles. The van der Waals surface area contributed by atoms with Crippen LogP contribution in [0.1, 0.15) is 99.2 Å². The van der Waals surface area contributed by atoms with E-state index in [1.165, 1.54) is 24.0 Å². The molecule has 5 rings (SSSR count). The van der Waals surface area contributed by atoms with Crippen molar-refractivity contribution in [2.24, 2.45) is 5.41 Å². The Morgan fingerprint density at radius 3 is 2.53 bits per heavy atom. The molecule has 2 saturated heterocycles. The minimum Gasteiger partial charge on any atom is -0.493 e. The lowest BCUT2D eigenvalue weighted by Gasteiger charge is -2.37. The minimum absolute atomic E-state index is 0.106. The molecule has 3 aliphatic rings. The van der Waals surface area contributed by atoms with Crippen LogP contribution < -0.4 is 4.74 Å². The molecular formula is C33H46N2O3. The maximum absolute atomic E-state index is 13.7. The van der Waals surface area contributed by atoms with Crippen molar-refractivity contribution in [2.75, 3.05) is 19.7 Å². The summed E-state index contributed by atoms with van der Waals surface area (Å²) in [4.78, 5) is 18.3. The molecule has 5 nitrogen and oxygen atoms in total. The van der Waals surface area contributed by atoms with Gasteiger partial charge in [-0.25, -0.2) is 0 Å². The number of fused-ring (bicyclic) bond motifs is 5. The second kappa shape index (κ2) is 11.8. The van der Waals surface area contributed by atoms with Crippen LogP contribution in [0, 0.1) is 5.41 Å². The number of rotatable bonds is 3. The average Bonchev–Trinajstić information content (AvgIpc) is 3.14. The number of ether oxygens (including phenoxy) is 1. The third-order valence-electron chi connectivity index (χ3n) is 8.60. The largest absolute Gasteiger partial charge is 0.493 e. The van der Waals surface area contributed by atoms with E-state index < -0.39 is 0 Å². The molecule has 1 amide bonds. The van der Waals surface area contributed by atoms with Gasteiger partial charge < -0.3 is 14.7 Å². The number of nitrogens with zero attached hydrogens (tertiary/aromatic N) is 2. The monoisotopic (exact) mass is 518 g/mol. The highest BCUT2D eigenvalue weighted by Gasteiger charge is 2.43. The van der Waals surface area contributed by atoms with Gasteiger partial charge in [-0.1, -0.05) is 45.0 Å². The van der Waals surface area contributed by atoms with Crippen LogP contribution in [0.15, 0.2) is 42.5 Å². The van der Waals surface area contributed by atoms with E-state index in [9.17, 15) is 9.90 Å². The van der Waals surface area contributed by atoms with Crippen molar-refractivity contribution in [3.8, 4) is 5.75 Å². The van der Waals surface area contributed by atoms with Crippen LogP contribution in [0.2, 0.25) is 0 Å². The number of amides is 1. The first-order valence-electron chi connectivity index (χ1n) is 14.8. The molecule has 5 heteroatoms. The van der Waals surface area contributed by atoms with Gasteiger partial charge in [-0.3, -0.25) is 9.69 Å². The minimum atomic E-state index is -0.272. The first kappa shape index (κ1) is 27.2. The van der Waals surface area contributed by atoms with Crippen molar-refractivity contribution in [1.29, 1.82) is 0 Å². The molecule has 3 heterocycles. The Bertz CT molecular complexity index is 1090. The summed E-state index contributed by atoms with van der Waals surface area (Å²) in [6.45, 7) is 10.9. The van der Waals surface area contributed by atoms with Gasteiger partial charge in [-0.15, -0.1) is 0 Å². The van der Waals surface area contributed by atoms with Gasteiger partial charge in [-0.2, -0.15) is 0 Å². The lowest BCUT2D eigenvalue weighted by molar-refractivity contribution is 0.0287. The van der Waals surface area contributed by atoms with Crippen molar-refractivity contribution in [1.82, 2.24) is 9.80 Å². The Balaban J connectivity index is 1.38. The Morgan fingerprint density at radius 2 is 1.76 bits per heavy atom. The van der Waals surface area contributed by atoms with E-state index in [1.54, 1.807) is 0 Å². The molecule has 0 aromatic heterocycles. The van der Waals surface area contributed by atoms with E-state index in [2.05, 4.69) is 60.9 Å². The summed E-state index contributed by atoms with van der Waals surface area (Å²) in [5.74, 6) is 1.00. The van der Waals surface area contributed by atoms with Gasteiger partial charge in [0.05, 0.1) is 12.7 Å². The van der Waals surface area contributed by atoms with Gasteiger partial charge in [0.25, 0.3) is 5.91 Å². The molecule has 38 heavy (non-hydrogen) atoms. The Kier molecular flexibility index (Phi) is 8.44. The van der Waals surface area contributed by atoms with Crippen molar-refractivity contribution in [2.45, 2.75) is 103 Å². The van der Waals surface area contributed by atoms with Crippen LogP contribution in [-0.2, 0) is 13.0 Å². The van der Waals surface area contributed by atoms with Gasteiger partial charge in [0, 0.05) is 30.6 Å². The van der Waals surface area contributed by atoms with Crippen LogP contribution in [0.4, 0.5) is 0 Å². The highest BCUT2D eigenvalue weighted by Crippen LogP contribution is 2.37. The Labute approximate surface area is 229 Å². The number of piperidine rings is 1. The number of carbonyl (C=O) groups is 1. The highest BCUT2D eigenvalue weighted by atomic mass is 16.5. The second-order valence-electron chi connectivity index (χ2n) is 13.0. The standard InChI is InChI=1S/C33H46N2O3/c1-33(2,3)14-16-34-15-5-4-6-17-38-31-13-10-26(20-27(31)19-24-8-7-9-25(18-24)23-34)32(37)35-28-11-12-29(35)22-30(36)21-28/h7-10,13,18,20,28-30,36H,4-6,11-12,14-17,19,21-23H2,1-3H3. The SMILES string of the molecule is CC(C)(C)CCN1CCCCCOc2ccc(C(=O)N3C4CCC3CC(O)C4)cc2Cc2cccc(c2)C1. The average molecular weight is 519 g/mol. The molecule has 3 aliphatic heterocycles. The second-order valence-corrected chi connectivity index (χ2v) is 13.0. The van der Waals surface area contributed by atoms with E-state index in [4.69, 9.17) is 4.74 Å². The zero-order valence-electron chi connectivity index (χ0n) is 23.6. The molecule has 0 radical (unpaired) electrons. The van der Waals surface area contributed by atoms with Gasteiger partial charge in [0.15, 0.2) is 0 Å². The van der Waals surface area contributed by atoms with Crippen molar-refractivity contribution < 1.29 is 14.6 Å². The zero-order valence-corrected chi connectivity index (χ0v) is 23.6. The van der Waals surface area contributed by atoms with Crippen LogP contribution in [0.25, 0.3) is 0 Å². The third kappa shape index (κ3) is 6.79.